The van der Waals surface area contributed by atoms with Gasteiger partial charge in [-0.15, -0.1) is 0 Å². The van der Waals surface area contributed by atoms with Gasteiger partial charge in [-0.3, -0.25) is 4.79 Å². The number of likely N-dealkylation sites (tertiary alicyclic amines) is 1. The van der Waals surface area contributed by atoms with E-state index in [9.17, 15) is 9.18 Å². The molecule has 0 saturated carbocycles. The number of hydrogen-bond donors (Lipinski definition) is 2. The fourth-order valence-corrected chi connectivity index (χ4v) is 2.96. The average Bonchev–Trinajstić information content (AvgIpc) is 3.12. The molecule has 1 aliphatic rings. The van der Waals surface area contributed by atoms with Gasteiger partial charge in [0.15, 0.2) is 5.96 Å². The highest BCUT2D eigenvalue weighted by Gasteiger charge is 2.24. The van der Waals surface area contributed by atoms with E-state index in [4.69, 9.17) is 0 Å². The lowest BCUT2D eigenvalue weighted by atomic mass is 9.84. The van der Waals surface area contributed by atoms with Gasteiger partial charge in [-0.1, -0.05) is 32.0 Å². The summed E-state index contributed by atoms with van der Waals surface area (Å²) in [4.78, 5) is 18.4. The summed E-state index contributed by atoms with van der Waals surface area (Å²) in [6.45, 7) is 8.95. The van der Waals surface area contributed by atoms with Crippen LogP contribution in [0.4, 0.5) is 4.39 Å². The Morgan fingerprint density at radius 1 is 1.24 bits per heavy atom. The highest BCUT2D eigenvalue weighted by molar-refractivity contribution is 5.85. The lowest BCUT2D eigenvalue weighted by Crippen LogP contribution is -2.44. The molecule has 6 heteroatoms. The molecule has 0 aliphatic carbocycles. The van der Waals surface area contributed by atoms with E-state index in [2.05, 4.69) is 15.6 Å². The second-order valence-corrected chi connectivity index (χ2v) is 7.00. The van der Waals surface area contributed by atoms with E-state index in [1.165, 1.54) is 6.07 Å². The Kier molecular flexibility index (Phi) is 6.79. The second-order valence-electron chi connectivity index (χ2n) is 7.00. The van der Waals surface area contributed by atoms with Crippen LogP contribution in [0.1, 0.15) is 39.2 Å². The summed E-state index contributed by atoms with van der Waals surface area (Å²) in [5, 5.41) is 6.38. The van der Waals surface area contributed by atoms with E-state index in [0.29, 0.717) is 24.6 Å². The molecule has 1 saturated heterocycles. The highest BCUT2D eigenvalue weighted by atomic mass is 19.1. The van der Waals surface area contributed by atoms with Gasteiger partial charge >= 0.3 is 0 Å². The molecule has 1 heterocycles. The molecule has 2 rings (SSSR count). The predicted octanol–water partition coefficient (Wildman–Crippen LogP) is 2.28. The van der Waals surface area contributed by atoms with Crippen LogP contribution in [0.5, 0.6) is 0 Å². The molecule has 0 radical (unpaired) electrons. The van der Waals surface area contributed by atoms with Crippen molar-refractivity contribution in [2.75, 3.05) is 32.7 Å². The highest BCUT2D eigenvalue weighted by Crippen LogP contribution is 2.24. The number of aliphatic imine (C=N–C) groups is 1. The van der Waals surface area contributed by atoms with Crippen molar-refractivity contribution in [2.24, 2.45) is 4.99 Å². The van der Waals surface area contributed by atoms with Gasteiger partial charge in [0.05, 0.1) is 0 Å². The summed E-state index contributed by atoms with van der Waals surface area (Å²) in [5.41, 5.74) is 0.257. The van der Waals surface area contributed by atoms with Gasteiger partial charge in [0.1, 0.15) is 12.4 Å². The minimum atomic E-state index is -0.402. The van der Waals surface area contributed by atoms with Crippen LogP contribution < -0.4 is 10.6 Å². The normalized spacial score (nSPS) is 15.4. The van der Waals surface area contributed by atoms with Crippen molar-refractivity contribution in [2.45, 2.75) is 39.0 Å². The maximum atomic E-state index is 14.1. The first-order valence-electron chi connectivity index (χ1n) is 8.99. The molecule has 1 aromatic carbocycles. The van der Waals surface area contributed by atoms with Crippen LogP contribution in [0.25, 0.3) is 0 Å². The third-order valence-corrected chi connectivity index (χ3v) is 4.48. The monoisotopic (exact) mass is 348 g/mol. The summed E-state index contributed by atoms with van der Waals surface area (Å²) in [7, 11) is 0. The van der Waals surface area contributed by atoms with Crippen molar-refractivity contribution < 1.29 is 9.18 Å². The number of rotatable bonds is 6. The molecular weight excluding hydrogens is 319 g/mol. The van der Waals surface area contributed by atoms with Crippen molar-refractivity contribution >= 4 is 11.9 Å². The van der Waals surface area contributed by atoms with Crippen LogP contribution in [0.3, 0.4) is 0 Å². The maximum Gasteiger partial charge on any atom is 0.244 e. The molecule has 0 aromatic heterocycles. The van der Waals surface area contributed by atoms with Crippen molar-refractivity contribution in [1.82, 2.24) is 15.5 Å². The summed E-state index contributed by atoms with van der Waals surface area (Å²) < 4.78 is 14.1. The molecule has 5 nitrogen and oxygen atoms in total. The Bertz CT molecular complexity index is 609. The standard InChI is InChI=1S/C19H29FN4O/c1-4-21-18(22-13-17(25)24-11-7-8-12-24)23-14-19(2,3)15-9-5-6-10-16(15)20/h5-6,9-10H,4,7-8,11-14H2,1-3H3,(H2,21,22,23). The minimum absolute atomic E-state index is 0.0584. The molecule has 25 heavy (non-hydrogen) atoms. The van der Waals surface area contributed by atoms with Crippen molar-refractivity contribution in [1.29, 1.82) is 0 Å². The first-order chi connectivity index (χ1) is 11.9. The van der Waals surface area contributed by atoms with E-state index in [1.54, 1.807) is 12.1 Å². The summed E-state index contributed by atoms with van der Waals surface area (Å²) in [6, 6.07) is 6.81. The van der Waals surface area contributed by atoms with Gasteiger partial charge in [0, 0.05) is 31.6 Å². The van der Waals surface area contributed by atoms with Gasteiger partial charge in [-0.05, 0) is 31.4 Å². The molecule has 1 aromatic rings. The van der Waals surface area contributed by atoms with Gasteiger partial charge < -0.3 is 15.5 Å². The van der Waals surface area contributed by atoms with Crippen LogP contribution in [-0.4, -0.2) is 49.5 Å². The number of amides is 1. The molecule has 0 atom stereocenters. The molecule has 1 aliphatic heterocycles. The lowest BCUT2D eigenvalue weighted by molar-refractivity contribution is -0.128. The fraction of sp³-hybridized carbons (Fsp3) is 0.579. The zero-order valence-electron chi connectivity index (χ0n) is 15.4. The van der Waals surface area contributed by atoms with Crippen molar-refractivity contribution in [3.05, 3.63) is 35.6 Å². The maximum absolute atomic E-state index is 14.1. The number of nitrogens with zero attached hydrogens (tertiary/aromatic N) is 2. The quantitative estimate of drug-likeness (QED) is 0.613. The molecule has 1 fully saturated rings. The topological polar surface area (TPSA) is 56.7 Å². The van der Waals surface area contributed by atoms with E-state index in [1.807, 2.05) is 31.7 Å². The number of nitrogens with one attached hydrogen (secondary N) is 2. The van der Waals surface area contributed by atoms with E-state index >= 15 is 0 Å². The zero-order chi connectivity index (χ0) is 18.3. The third-order valence-electron chi connectivity index (χ3n) is 4.48. The third kappa shape index (κ3) is 5.44. The van der Waals surface area contributed by atoms with Crippen LogP contribution in [0.2, 0.25) is 0 Å². The number of halogens is 1. The van der Waals surface area contributed by atoms with E-state index < -0.39 is 5.41 Å². The smallest absolute Gasteiger partial charge is 0.244 e. The molecule has 0 spiro atoms. The van der Waals surface area contributed by atoms with E-state index in [-0.39, 0.29) is 18.3 Å². The SMILES string of the molecule is CCNC(=NCC(=O)N1CCCC1)NCC(C)(C)c1ccccc1F. The van der Waals surface area contributed by atoms with Gasteiger partial charge in [-0.25, -0.2) is 9.38 Å². The molecule has 1 amide bonds. The Labute approximate surface area is 149 Å². The van der Waals surface area contributed by atoms with Gasteiger partial charge in [0.2, 0.25) is 5.91 Å². The fourth-order valence-electron chi connectivity index (χ4n) is 2.96. The van der Waals surface area contributed by atoms with Crippen molar-refractivity contribution in [3.8, 4) is 0 Å². The summed E-state index contributed by atoms with van der Waals surface area (Å²) in [6.07, 6.45) is 2.15. The van der Waals surface area contributed by atoms with Crippen molar-refractivity contribution in [3.63, 3.8) is 0 Å². The number of benzene rings is 1. The lowest BCUT2D eigenvalue weighted by Gasteiger charge is -2.27. The second kappa shape index (κ2) is 8.83. The molecule has 2 N–H and O–H groups in total. The summed E-state index contributed by atoms with van der Waals surface area (Å²) >= 11 is 0. The van der Waals surface area contributed by atoms with E-state index in [0.717, 1.165) is 25.9 Å². The van der Waals surface area contributed by atoms with Crippen LogP contribution in [0.15, 0.2) is 29.3 Å². The molecule has 0 unspecified atom stereocenters. The average molecular weight is 348 g/mol. The largest absolute Gasteiger partial charge is 0.357 e. The Balaban J connectivity index is 1.97. The zero-order valence-corrected chi connectivity index (χ0v) is 15.4. The Morgan fingerprint density at radius 3 is 2.56 bits per heavy atom. The van der Waals surface area contributed by atoms with Crippen LogP contribution in [0, 0.1) is 5.82 Å². The van der Waals surface area contributed by atoms with Gasteiger partial charge in [-0.2, -0.15) is 0 Å². The molecule has 138 valence electrons. The molecule has 0 bridgehead atoms. The minimum Gasteiger partial charge on any atom is -0.357 e. The van der Waals surface area contributed by atoms with Crippen LogP contribution >= 0.6 is 0 Å². The first-order valence-corrected chi connectivity index (χ1v) is 8.99. The molecular formula is C19H29FN4O. The number of hydrogen-bond acceptors (Lipinski definition) is 2. The first kappa shape index (κ1) is 19.2. The predicted molar refractivity (Wildman–Crippen MR) is 99.2 cm³/mol. The number of carbonyl (C=O) groups is 1. The Morgan fingerprint density at radius 2 is 1.92 bits per heavy atom. The Hall–Kier alpha value is -2.11. The number of carbonyl (C=O) groups excluding carboxylic acids is 1. The van der Waals surface area contributed by atoms with Crippen LogP contribution in [-0.2, 0) is 10.2 Å². The summed E-state index contributed by atoms with van der Waals surface area (Å²) in [5.74, 6) is 0.433. The van der Waals surface area contributed by atoms with Gasteiger partial charge in [0.25, 0.3) is 0 Å². The number of guanidine groups is 1.